The molecule has 1 heterocycles. The van der Waals surface area contributed by atoms with Gasteiger partial charge >= 0.3 is 0 Å². The predicted octanol–water partition coefficient (Wildman–Crippen LogP) is 2.25. The zero-order valence-corrected chi connectivity index (χ0v) is 11.2. The third-order valence-electron chi connectivity index (χ3n) is 3.88. The van der Waals surface area contributed by atoms with E-state index in [0.29, 0.717) is 5.92 Å². The van der Waals surface area contributed by atoms with Crippen LogP contribution in [-0.4, -0.2) is 23.9 Å². The maximum Gasteiger partial charge on any atom is 0.244 e. The van der Waals surface area contributed by atoms with Crippen LogP contribution in [0.2, 0.25) is 0 Å². The van der Waals surface area contributed by atoms with E-state index in [4.69, 9.17) is 5.73 Å². The van der Waals surface area contributed by atoms with E-state index in [-0.39, 0.29) is 5.91 Å². The van der Waals surface area contributed by atoms with Crippen LogP contribution < -0.4 is 5.73 Å². The summed E-state index contributed by atoms with van der Waals surface area (Å²) in [5.41, 5.74) is 8.16. The van der Waals surface area contributed by atoms with Gasteiger partial charge in [-0.05, 0) is 24.8 Å². The van der Waals surface area contributed by atoms with E-state index in [1.165, 1.54) is 5.56 Å². The summed E-state index contributed by atoms with van der Waals surface area (Å²) < 4.78 is 0. The number of hydrogen-bond acceptors (Lipinski definition) is 2. The Bertz CT molecular complexity index is 413. The SMILES string of the molecule is CCC1CCN(C(=O)C(N)c2ccc(C)cc2)C1. The van der Waals surface area contributed by atoms with Gasteiger partial charge in [-0.2, -0.15) is 0 Å². The van der Waals surface area contributed by atoms with Crippen LogP contribution in [-0.2, 0) is 4.79 Å². The van der Waals surface area contributed by atoms with Gasteiger partial charge in [0.15, 0.2) is 0 Å². The molecule has 2 unspecified atom stereocenters. The average molecular weight is 246 g/mol. The van der Waals surface area contributed by atoms with Crippen molar-refractivity contribution >= 4 is 5.91 Å². The number of likely N-dealkylation sites (tertiary alicyclic amines) is 1. The van der Waals surface area contributed by atoms with Crippen molar-refractivity contribution in [3.8, 4) is 0 Å². The zero-order valence-electron chi connectivity index (χ0n) is 11.2. The molecule has 18 heavy (non-hydrogen) atoms. The highest BCUT2D eigenvalue weighted by atomic mass is 16.2. The highest BCUT2D eigenvalue weighted by Crippen LogP contribution is 2.22. The van der Waals surface area contributed by atoms with Crippen LogP contribution in [0.4, 0.5) is 0 Å². The van der Waals surface area contributed by atoms with Gasteiger partial charge in [0.1, 0.15) is 6.04 Å². The van der Waals surface area contributed by atoms with Crippen molar-refractivity contribution in [3.05, 3.63) is 35.4 Å². The second-order valence-corrected chi connectivity index (χ2v) is 5.24. The summed E-state index contributed by atoms with van der Waals surface area (Å²) in [7, 11) is 0. The molecule has 1 aromatic carbocycles. The van der Waals surface area contributed by atoms with Gasteiger partial charge in [0, 0.05) is 13.1 Å². The number of benzene rings is 1. The van der Waals surface area contributed by atoms with Crippen LogP contribution in [0.15, 0.2) is 24.3 Å². The number of nitrogens with two attached hydrogens (primary N) is 1. The number of nitrogens with zero attached hydrogens (tertiary/aromatic N) is 1. The standard InChI is InChI=1S/C15H22N2O/c1-3-12-8-9-17(10-12)15(18)14(16)13-6-4-11(2)5-7-13/h4-7,12,14H,3,8-10,16H2,1-2H3. The minimum absolute atomic E-state index is 0.0646. The van der Waals surface area contributed by atoms with Crippen LogP contribution in [0.5, 0.6) is 0 Å². The molecule has 1 aliphatic heterocycles. The second kappa shape index (κ2) is 5.53. The maximum atomic E-state index is 12.3. The first kappa shape index (κ1) is 13.1. The minimum Gasteiger partial charge on any atom is -0.341 e. The lowest BCUT2D eigenvalue weighted by atomic mass is 10.0. The summed E-state index contributed by atoms with van der Waals surface area (Å²) in [5.74, 6) is 0.717. The summed E-state index contributed by atoms with van der Waals surface area (Å²) in [5, 5.41) is 0. The molecule has 3 heteroatoms. The molecule has 2 atom stereocenters. The van der Waals surface area contributed by atoms with Gasteiger partial charge in [0.25, 0.3) is 0 Å². The number of aryl methyl sites for hydroxylation is 1. The van der Waals surface area contributed by atoms with Crippen LogP contribution in [0.25, 0.3) is 0 Å². The largest absolute Gasteiger partial charge is 0.341 e. The lowest BCUT2D eigenvalue weighted by Gasteiger charge is -2.21. The average Bonchev–Trinajstić information content (AvgIpc) is 2.86. The summed E-state index contributed by atoms with van der Waals surface area (Å²) >= 11 is 0. The van der Waals surface area contributed by atoms with Gasteiger partial charge in [0.05, 0.1) is 0 Å². The summed E-state index contributed by atoms with van der Waals surface area (Å²) in [4.78, 5) is 14.2. The van der Waals surface area contributed by atoms with Crippen molar-refractivity contribution < 1.29 is 4.79 Å². The quantitative estimate of drug-likeness (QED) is 0.889. The zero-order chi connectivity index (χ0) is 13.1. The Balaban J connectivity index is 2.03. The van der Waals surface area contributed by atoms with Crippen molar-refractivity contribution in [2.75, 3.05) is 13.1 Å². The number of amides is 1. The van der Waals surface area contributed by atoms with E-state index >= 15 is 0 Å². The van der Waals surface area contributed by atoms with E-state index in [0.717, 1.165) is 31.5 Å². The second-order valence-electron chi connectivity index (χ2n) is 5.24. The van der Waals surface area contributed by atoms with Crippen molar-refractivity contribution in [2.45, 2.75) is 32.7 Å². The van der Waals surface area contributed by atoms with Gasteiger partial charge in [-0.1, -0.05) is 43.2 Å². The number of hydrogen-bond donors (Lipinski definition) is 1. The molecule has 2 rings (SSSR count). The van der Waals surface area contributed by atoms with Crippen LogP contribution in [0, 0.1) is 12.8 Å². The summed E-state index contributed by atoms with van der Waals surface area (Å²) in [6, 6.07) is 7.39. The number of carbonyl (C=O) groups is 1. The molecule has 0 radical (unpaired) electrons. The van der Waals surface area contributed by atoms with Gasteiger partial charge in [0.2, 0.25) is 5.91 Å². The molecule has 0 spiro atoms. The van der Waals surface area contributed by atoms with Gasteiger partial charge in [-0.15, -0.1) is 0 Å². The van der Waals surface area contributed by atoms with Crippen molar-refractivity contribution in [1.29, 1.82) is 0 Å². The van der Waals surface area contributed by atoms with Crippen LogP contribution in [0.3, 0.4) is 0 Å². The number of rotatable bonds is 3. The Kier molecular flexibility index (Phi) is 4.02. The normalized spacial score (nSPS) is 21.1. The fraction of sp³-hybridized carbons (Fsp3) is 0.533. The topological polar surface area (TPSA) is 46.3 Å². The molecular formula is C15H22N2O. The Morgan fingerprint density at radius 1 is 1.44 bits per heavy atom. The lowest BCUT2D eigenvalue weighted by molar-refractivity contribution is -0.131. The molecule has 0 bridgehead atoms. The van der Waals surface area contributed by atoms with E-state index < -0.39 is 6.04 Å². The molecule has 0 aliphatic carbocycles. The van der Waals surface area contributed by atoms with Gasteiger partial charge in [-0.25, -0.2) is 0 Å². The first-order valence-electron chi connectivity index (χ1n) is 6.72. The van der Waals surface area contributed by atoms with E-state index in [1.54, 1.807) is 0 Å². The maximum absolute atomic E-state index is 12.3. The third kappa shape index (κ3) is 2.72. The Morgan fingerprint density at radius 2 is 2.11 bits per heavy atom. The van der Waals surface area contributed by atoms with E-state index in [1.807, 2.05) is 36.1 Å². The minimum atomic E-state index is -0.513. The Morgan fingerprint density at radius 3 is 2.67 bits per heavy atom. The van der Waals surface area contributed by atoms with Crippen molar-refractivity contribution in [3.63, 3.8) is 0 Å². The first-order valence-corrected chi connectivity index (χ1v) is 6.72. The monoisotopic (exact) mass is 246 g/mol. The molecule has 98 valence electrons. The highest BCUT2D eigenvalue weighted by molar-refractivity contribution is 5.83. The highest BCUT2D eigenvalue weighted by Gasteiger charge is 2.28. The molecular weight excluding hydrogens is 224 g/mol. The third-order valence-corrected chi connectivity index (χ3v) is 3.88. The van der Waals surface area contributed by atoms with Gasteiger partial charge in [-0.3, -0.25) is 4.79 Å². The van der Waals surface area contributed by atoms with Crippen LogP contribution in [0.1, 0.15) is 36.9 Å². The fourth-order valence-corrected chi connectivity index (χ4v) is 2.48. The summed E-state index contributed by atoms with van der Waals surface area (Å²) in [6.45, 7) is 5.94. The van der Waals surface area contributed by atoms with Crippen LogP contribution >= 0.6 is 0 Å². The molecule has 1 fully saturated rings. The molecule has 1 aliphatic rings. The molecule has 3 nitrogen and oxygen atoms in total. The first-order chi connectivity index (χ1) is 8.61. The molecule has 1 saturated heterocycles. The fourth-order valence-electron chi connectivity index (χ4n) is 2.48. The lowest BCUT2D eigenvalue weighted by Crippen LogP contribution is -2.37. The van der Waals surface area contributed by atoms with E-state index in [9.17, 15) is 4.79 Å². The molecule has 0 saturated carbocycles. The van der Waals surface area contributed by atoms with E-state index in [2.05, 4.69) is 6.92 Å². The Hall–Kier alpha value is -1.35. The van der Waals surface area contributed by atoms with Gasteiger partial charge < -0.3 is 10.6 Å². The number of carbonyl (C=O) groups excluding carboxylic acids is 1. The molecule has 0 aromatic heterocycles. The molecule has 1 amide bonds. The smallest absolute Gasteiger partial charge is 0.244 e. The van der Waals surface area contributed by atoms with Crippen molar-refractivity contribution in [1.82, 2.24) is 4.90 Å². The van der Waals surface area contributed by atoms with Crippen molar-refractivity contribution in [2.24, 2.45) is 11.7 Å². The Labute approximate surface area is 109 Å². The molecule has 2 N–H and O–H groups in total. The molecule has 1 aromatic rings. The summed E-state index contributed by atoms with van der Waals surface area (Å²) in [6.07, 6.45) is 2.26. The predicted molar refractivity (Wildman–Crippen MR) is 73.1 cm³/mol.